The zero-order valence-corrected chi connectivity index (χ0v) is 11.7. The van der Waals surface area contributed by atoms with E-state index in [1.807, 2.05) is 6.07 Å². The van der Waals surface area contributed by atoms with Crippen molar-refractivity contribution in [1.29, 1.82) is 0 Å². The van der Waals surface area contributed by atoms with E-state index < -0.39 is 0 Å². The molecule has 2 rings (SSSR count). The average molecular weight is 261 g/mol. The second-order valence-corrected chi connectivity index (χ2v) is 4.76. The molecular weight excluding hydrogens is 241 g/mol. The summed E-state index contributed by atoms with van der Waals surface area (Å²) in [6, 6.07) is 6.72. The molecule has 0 unspecified atom stereocenters. The molecule has 0 aliphatic rings. The molecule has 4 heteroatoms. The Balaban J connectivity index is 2.65. The maximum Gasteiger partial charge on any atom is 0.131 e. The van der Waals surface area contributed by atoms with Crippen LogP contribution in [0.2, 0.25) is 0 Å². The van der Waals surface area contributed by atoms with Crippen molar-refractivity contribution in [2.24, 2.45) is 7.05 Å². The van der Waals surface area contributed by atoms with E-state index in [0.29, 0.717) is 17.3 Å². The van der Waals surface area contributed by atoms with Crippen LogP contribution in [0.4, 0.5) is 10.2 Å². The Morgan fingerprint density at radius 1 is 1.26 bits per heavy atom. The van der Waals surface area contributed by atoms with Gasteiger partial charge in [-0.3, -0.25) is 4.68 Å². The summed E-state index contributed by atoms with van der Waals surface area (Å²) in [7, 11) is 1.80. The largest absolute Gasteiger partial charge is 0.383 e. The van der Waals surface area contributed by atoms with Crippen molar-refractivity contribution >= 4 is 5.82 Å². The number of aromatic nitrogens is 2. The van der Waals surface area contributed by atoms with Gasteiger partial charge in [0.15, 0.2) is 0 Å². The monoisotopic (exact) mass is 261 g/mol. The highest BCUT2D eigenvalue weighted by Crippen LogP contribution is 2.37. The van der Waals surface area contributed by atoms with Crippen LogP contribution < -0.4 is 5.73 Å². The number of benzene rings is 1. The van der Waals surface area contributed by atoms with Gasteiger partial charge in [-0.1, -0.05) is 32.0 Å². The molecule has 2 aromatic rings. The summed E-state index contributed by atoms with van der Waals surface area (Å²) in [4.78, 5) is 0. The van der Waals surface area contributed by atoms with Crippen LogP contribution in [0.3, 0.4) is 0 Å². The second-order valence-electron chi connectivity index (χ2n) is 4.76. The van der Waals surface area contributed by atoms with Crippen LogP contribution in [-0.2, 0) is 7.05 Å². The second kappa shape index (κ2) is 5.43. The van der Waals surface area contributed by atoms with E-state index in [4.69, 9.17) is 5.73 Å². The van der Waals surface area contributed by atoms with Crippen LogP contribution in [0.1, 0.15) is 38.3 Å². The molecule has 19 heavy (non-hydrogen) atoms. The van der Waals surface area contributed by atoms with Crippen molar-refractivity contribution < 1.29 is 4.39 Å². The number of nitrogens with two attached hydrogens (primary N) is 1. The standard InChI is InChI=1S/C15H20FN3/c1-4-10(5-2)14-13(15(17)19(3)18-14)11-8-6-7-9-12(11)16/h6-10H,4-5,17H2,1-3H3. The Morgan fingerprint density at radius 2 is 1.89 bits per heavy atom. The molecule has 102 valence electrons. The van der Waals surface area contributed by atoms with Crippen molar-refractivity contribution in [2.75, 3.05) is 5.73 Å². The highest BCUT2D eigenvalue weighted by molar-refractivity contribution is 5.77. The highest BCUT2D eigenvalue weighted by atomic mass is 19.1. The lowest BCUT2D eigenvalue weighted by atomic mass is 9.93. The molecule has 0 spiro atoms. The van der Waals surface area contributed by atoms with Crippen molar-refractivity contribution in [3.05, 3.63) is 35.8 Å². The summed E-state index contributed by atoms with van der Waals surface area (Å²) < 4.78 is 15.7. The van der Waals surface area contributed by atoms with Crippen molar-refractivity contribution in [3.8, 4) is 11.1 Å². The van der Waals surface area contributed by atoms with Gasteiger partial charge in [-0.05, 0) is 18.9 Å². The van der Waals surface area contributed by atoms with Gasteiger partial charge in [-0.25, -0.2) is 4.39 Å². The quantitative estimate of drug-likeness (QED) is 0.911. The molecule has 0 bridgehead atoms. The number of nitrogen functional groups attached to an aromatic ring is 1. The summed E-state index contributed by atoms with van der Waals surface area (Å²) in [6.07, 6.45) is 1.93. The van der Waals surface area contributed by atoms with Gasteiger partial charge >= 0.3 is 0 Å². The number of anilines is 1. The van der Waals surface area contributed by atoms with Gasteiger partial charge in [0.1, 0.15) is 11.6 Å². The molecule has 0 aliphatic carbocycles. The van der Waals surface area contributed by atoms with Gasteiger partial charge < -0.3 is 5.73 Å². The van der Waals surface area contributed by atoms with E-state index in [1.165, 1.54) is 6.07 Å². The predicted octanol–water partition coefficient (Wildman–Crippen LogP) is 3.71. The lowest BCUT2D eigenvalue weighted by Crippen LogP contribution is -2.00. The molecule has 0 saturated heterocycles. The molecule has 1 aromatic carbocycles. The van der Waals surface area contributed by atoms with Gasteiger partial charge in [0.2, 0.25) is 0 Å². The van der Waals surface area contributed by atoms with E-state index in [2.05, 4.69) is 18.9 Å². The average Bonchev–Trinajstić information content (AvgIpc) is 2.69. The molecule has 3 nitrogen and oxygen atoms in total. The van der Waals surface area contributed by atoms with Gasteiger partial charge in [0.05, 0.1) is 11.3 Å². The molecule has 2 N–H and O–H groups in total. The van der Waals surface area contributed by atoms with E-state index >= 15 is 0 Å². The Labute approximate surface area is 113 Å². The lowest BCUT2D eigenvalue weighted by Gasteiger charge is -2.12. The minimum absolute atomic E-state index is 0.255. The summed E-state index contributed by atoms with van der Waals surface area (Å²) in [5, 5.41) is 4.49. The minimum Gasteiger partial charge on any atom is -0.383 e. The highest BCUT2D eigenvalue weighted by Gasteiger charge is 2.22. The van der Waals surface area contributed by atoms with Crippen LogP contribution in [0.15, 0.2) is 24.3 Å². The number of halogens is 1. The maximum absolute atomic E-state index is 14.0. The zero-order chi connectivity index (χ0) is 14.0. The third-order valence-corrected chi connectivity index (χ3v) is 3.63. The fourth-order valence-electron chi connectivity index (χ4n) is 2.46. The molecule has 0 aliphatic heterocycles. The summed E-state index contributed by atoms with van der Waals surface area (Å²) in [5.74, 6) is 0.569. The lowest BCUT2D eigenvalue weighted by molar-refractivity contribution is 0.604. The molecule has 1 aromatic heterocycles. The number of hydrogen-bond donors (Lipinski definition) is 1. The number of nitrogens with zero attached hydrogens (tertiary/aromatic N) is 2. The fourth-order valence-corrected chi connectivity index (χ4v) is 2.46. The SMILES string of the molecule is CCC(CC)c1nn(C)c(N)c1-c1ccccc1F. The van der Waals surface area contributed by atoms with E-state index in [0.717, 1.165) is 24.1 Å². The van der Waals surface area contributed by atoms with Crippen LogP contribution in [0.25, 0.3) is 11.1 Å². The topological polar surface area (TPSA) is 43.8 Å². The summed E-state index contributed by atoms with van der Waals surface area (Å²) in [5.41, 5.74) is 8.27. The van der Waals surface area contributed by atoms with Gasteiger partial charge in [0.25, 0.3) is 0 Å². The fraction of sp³-hybridized carbons (Fsp3) is 0.400. The third kappa shape index (κ3) is 2.35. The smallest absolute Gasteiger partial charge is 0.131 e. The summed E-state index contributed by atoms with van der Waals surface area (Å²) >= 11 is 0. The van der Waals surface area contributed by atoms with Crippen molar-refractivity contribution in [2.45, 2.75) is 32.6 Å². The Bertz CT molecular complexity index is 571. The first-order valence-electron chi connectivity index (χ1n) is 6.67. The maximum atomic E-state index is 14.0. The van der Waals surface area contributed by atoms with Gasteiger partial charge in [0, 0.05) is 18.5 Å². The molecule has 1 heterocycles. The summed E-state index contributed by atoms with van der Waals surface area (Å²) in [6.45, 7) is 4.23. The van der Waals surface area contributed by atoms with Crippen molar-refractivity contribution in [1.82, 2.24) is 9.78 Å². The predicted molar refractivity (Wildman–Crippen MR) is 76.3 cm³/mol. The van der Waals surface area contributed by atoms with Gasteiger partial charge in [-0.15, -0.1) is 0 Å². The molecule has 0 amide bonds. The van der Waals surface area contributed by atoms with E-state index in [1.54, 1.807) is 23.9 Å². The molecule has 0 radical (unpaired) electrons. The van der Waals surface area contributed by atoms with Crippen LogP contribution in [0, 0.1) is 5.82 Å². The first-order chi connectivity index (χ1) is 9.10. The third-order valence-electron chi connectivity index (χ3n) is 3.63. The Morgan fingerprint density at radius 3 is 2.47 bits per heavy atom. The number of hydrogen-bond acceptors (Lipinski definition) is 2. The Hall–Kier alpha value is -1.84. The Kier molecular flexibility index (Phi) is 3.88. The molecule has 0 saturated carbocycles. The minimum atomic E-state index is -0.255. The van der Waals surface area contributed by atoms with E-state index in [9.17, 15) is 4.39 Å². The van der Waals surface area contributed by atoms with Crippen molar-refractivity contribution in [3.63, 3.8) is 0 Å². The van der Waals surface area contributed by atoms with Gasteiger partial charge in [-0.2, -0.15) is 5.10 Å². The van der Waals surface area contributed by atoms with Crippen LogP contribution >= 0.6 is 0 Å². The number of aryl methyl sites for hydroxylation is 1. The van der Waals surface area contributed by atoms with Crippen LogP contribution in [-0.4, -0.2) is 9.78 Å². The first kappa shape index (κ1) is 13.6. The normalized spacial score (nSPS) is 11.2. The zero-order valence-electron chi connectivity index (χ0n) is 11.7. The first-order valence-corrected chi connectivity index (χ1v) is 6.67. The molecule has 0 atom stereocenters. The molecular formula is C15H20FN3. The molecule has 0 fully saturated rings. The van der Waals surface area contributed by atoms with Crippen LogP contribution in [0.5, 0.6) is 0 Å². The van der Waals surface area contributed by atoms with E-state index in [-0.39, 0.29) is 5.82 Å². The number of rotatable bonds is 4.